The van der Waals surface area contributed by atoms with Crippen molar-refractivity contribution in [3.8, 4) is 0 Å². The molecule has 0 N–H and O–H groups in total. The molecule has 3 rings (SSSR count). The number of nitrogens with zero attached hydrogens (tertiary/aromatic N) is 2. The first kappa shape index (κ1) is 12.9. The Morgan fingerprint density at radius 2 is 1.74 bits per heavy atom. The minimum atomic E-state index is -0.154. The van der Waals surface area contributed by atoms with E-state index in [2.05, 4.69) is 6.92 Å². The number of piperazine rings is 1. The smallest absolute Gasteiger partial charge is 0.246 e. The molecule has 0 spiro atoms. The molecular formula is C15H24N2O2. The summed E-state index contributed by atoms with van der Waals surface area (Å²) in [6.45, 7) is 3.23. The monoisotopic (exact) mass is 264 g/mol. The van der Waals surface area contributed by atoms with Crippen molar-refractivity contribution in [2.75, 3.05) is 13.1 Å². The van der Waals surface area contributed by atoms with Gasteiger partial charge in [-0.2, -0.15) is 0 Å². The Hall–Kier alpha value is -1.06. The van der Waals surface area contributed by atoms with Gasteiger partial charge in [0.05, 0.1) is 0 Å². The predicted molar refractivity (Wildman–Crippen MR) is 72.5 cm³/mol. The Morgan fingerprint density at radius 1 is 1.05 bits per heavy atom. The van der Waals surface area contributed by atoms with E-state index in [1.165, 1.54) is 25.7 Å². The molecule has 2 aliphatic heterocycles. The molecule has 4 nitrogen and oxygen atoms in total. The van der Waals surface area contributed by atoms with Crippen LogP contribution in [-0.4, -0.2) is 46.8 Å². The van der Waals surface area contributed by atoms with E-state index < -0.39 is 0 Å². The second kappa shape index (κ2) is 5.14. The number of hydrogen-bond acceptors (Lipinski definition) is 2. The Morgan fingerprint density at radius 3 is 2.47 bits per heavy atom. The highest BCUT2D eigenvalue weighted by atomic mass is 16.2. The van der Waals surface area contributed by atoms with Crippen LogP contribution in [0.25, 0.3) is 0 Å². The molecule has 0 aromatic heterocycles. The normalized spacial score (nSPS) is 30.7. The van der Waals surface area contributed by atoms with Crippen LogP contribution >= 0.6 is 0 Å². The highest BCUT2D eigenvalue weighted by Gasteiger charge is 2.43. The fourth-order valence-corrected chi connectivity index (χ4v) is 4.03. The molecule has 0 aromatic carbocycles. The highest BCUT2D eigenvalue weighted by Crippen LogP contribution is 2.32. The van der Waals surface area contributed by atoms with E-state index in [0.717, 1.165) is 25.8 Å². The van der Waals surface area contributed by atoms with E-state index >= 15 is 0 Å². The van der Waals surface area contributed by atoms with Crippen LogP contribution in [0.5, 0.6) is 0 Å². The summed E-state index contributed by atoms with van der Waals surface area (Å²) in [6, 6.07) is 0.0851. The second-order valence-electron chi connectivity index (χ2n) is 6.35. The molecule has 0 bridgehead atoms. The first-order chi connectivity index (χ1) is 9.18. The number of amides is 2. The van der Waals surface area contributed by atoms with E-state index in [9.17, 15) is 9.59 Å². The Bertz CT molecular complexity index is 376. The van der Waals surface area contributed by atoms with E-state index in [-0.39, 0.29) is 23.9 Å². The summed E-state index contributed by atoms with van der Waals surface area (Å²) in [5.74, 6) is 0.972. The Kier molecular flexibility index (Phi) is 3.50. The number of carbonyl (C=O) groups is 2. The topological polar surface area (TPSA) is 40.6 Å². The van der Waals surface area contributed by atoms with E-state index in [0.29, 0.717) is 12.5 Å². The summed E-state index contributed by atoms with van der Waals surface area (Å²) in [7, 11) is 0. The molecule has 4 heteroatoms. The highest BCUT2D eigenvalue weighted by molar-refractivity contribution is 5.95. The van der Waals surface area contributed by atoms with Gasteiger partial charge in [0.2, 0.25) is 11.8 Å². The van der Waals surface area contributed by atoms with E-state index in [1.807, 2.05) is 9.80 Å². The molecule has 0 radical (unpaired) electrons. The van der Waals surface area contributed by atoms with Crippen LogP contribution in [-0.2, 0) is 9.59 Å². The maximum Gasteiger partial charge on any atom is 0.246 e. The molecule has 2 heterocycles. The average molecular weight is 264 g/mol. The zero-order chi connectivity index (χ0) is 13.4. The van der Waals surface area contributed by atoms with Crippen LogP contribution < -0.4 is 0 Å². The van der Waals surface area contributed by atoms with Gasteiger partial charge in [0.15, 0.2) is 0 Å². The van der Waals surface area contributed by atoms with Crippen LogP contribution in [0.2, 0.25) is 0 Å². The third kappa shape index (κ3) is 2.26. The molecule has 2 atom stereocenters. The maximum absolute atomic E-state index is 12.6. The second-order valence-corrected chi connectivity index (χ2v) is 6.35. The molecule has 19 heavy (non-hydrogen) atoms. The number of fused-ring (bicyclic) bond motifs is 1. The van der Waals surface area contributed by atoms with Gasteiger partial charge in [-0.25, -0.2) is 0 Å². The van der Waals surface area contributed by atoms with Crippen LogP contribution in [0.1, 0.15) is 51.9 Å². The third-order valence-electron chi connectivity index (χ3n) is 5.27. The first-order valence-electron chi connectivity index (χ1n) is 7.78. The molecule has 106 valence electrons. The van der Waals surface area contributed by atoms with Gasteiger partial charge in [-0.05, 0) is 44.9 Å². The largest absolute Gasteiger partial charge is 0.329 e. The number of hydrogen-bond donors (Lipinski definition) is 0. The van der Waals surface area contributed by atoms with Gasteiger partial charge in [-0.15, -0.1) is 0 Å². The van der Waals surface area contributed by atoms with Crippen molar-refractivity contribution in [3.05, 3.63) is 0 Å². The number of carbonyl (C=O) groups excluding carboxylic acids is 2. The summed E-state index contributed by atoms with van der Waals surface area (Å²) < 4.78 is 0. The van der Waals surface area contributed by atoms with Crippen molar-refractivity contribution in [3.63, 3.8) is 0 Å². The SMILES string of the molecule is CC(C1CCCC1)N1CC(=O)N2CCCCC2C1=O. The fraction of sp³-hybridized carbons (Fsp3) is 0.867. The molecule has 2 saturated heterocycles. The van der Waals surface area contributed by atoms with Gasteiger partial charge in [0.1, 0.15) is 12.6 Å². The quantitative estimate of drug-likeness (QED) is 0.763. The summed E-state index contributed by atoms with van der Waals surface area (Å²) in [4.78, 5) is 28.6. The van der Waals surface area contributed by atoms with Gasteiger partial charge in [0.25, 0.3) is 0 Å². The minimum absolute atomic E-state index is 0.154. The fourth-order valence-electron chi connectivity index (χ4n) is 4.03. The summed E-state index contributed by atoms with van der Waals surface area (Å²) >= 11 is 0. The summed E-state index contributed by atoms with van der Waals surface area (Å²) in [6.07, 6.45) is 7.97. The summed E-state index contributed by atoms with van der Waals surface area (Å²) in [5, 5.41) is 0. The van der Waals surface area contributed by atoms with Crippen molar-refractivity contribution < 1.29 is 9.59 Å². The number of piperidine rings is 1. The zero-order valence-corrected chi connectivity index (χ0v) is 11.8. The van der Waals surface area contributed by atoms with Gasteiger partial charge >= 0.3 is 0 Å². The maximum atomic E-state index is 12.6. The van der Waals surface area contributed by atoms with Crippen molar-refractivity contribution in [2.24, 2.45) is 5.92 Å². The molecule has 0 aromatic rings. The van der Waals surface area contributed by atoms with Gasteiger partial charge in [0, 0.05) is 12.6 Å². The lowest BCUT2D eigenvalue weighted by molar-refractivity contribution is -0.160. The number of rotatable bonds is 2. The lowest BCUT2D eigenvalue weighted by atomic mass is 9.93. The van der Waals surface area contributed by atoms with Crippen molar-refractivity contribution in [1.82, 2.24) is 9.80 Å². The lowest BCUT2D eigenvalue weighted by Crippen LogP contribution is -2.63. The zero-order valence-electron chi connectivity index (χ0n) is 11.8. The van der Waals surface area contributed by atoms with E-state index in [1.54, 1.807) is 0 Å². The van der Waals surface area contributed by atoms with E-state index in [4.69, 9.17) is 0 Å². The average Bonchev–Trinajstić information content (AvgIpc) is 2.96. The molecule has 2 amide bonds. The van der Waals surface area contributed by atoms with Crippen LogP contribution in [0.3, 0.4) is 0 Å². The van der Waals surface area contributed by atoms with Crippen molar-refractivity contribution in [1.29, 1.82) is 0 Å². The van der Waals surface area contributed by atoms with Crippen LogP contribution in [0.15, 0.2) is 0 Å². The molecule has 1 aliphatic carbocycles. The molecule has 3 aliphatic rings. The lowest BCUT2D eigenvalue weighted by Gasteiger charge is -2.45. The Balaban J connectivity index is 1.75. The van der Waals surface area contributed by atoms with Crippen molar-refractivity contribution >= 4 is 11.8 Å². The van der Waals surface area contributed by atoms with Gasteiger partial charge in [-0.1, -0.05) is 12.8 Å². The molecular weight excluding hydrogens is 240 g/mol. The Labute approximate surface area is 115 Å². The molecule has 2 unspecified atom stereocenters. The standard InChI is InChI=1S/C15H24N2O2/c1-11(12-6-2-3-7-12)17-10-14(18)16-9-5-4-8-13(16)15(17)19/h11-13H,2-10H2,1H3. The third-order valence-corrected chi connectivity index (χ3v) is 5.27. The van der Waals surface area contributed by atoms with Gasteiger partial charge < -0.3 is 9.80 Å². The predicted octanol–water partition coefficient (Wildman–Crippen LogP) is 1.79. The summed E-state index contributed by atoms with van der Waals surface area (Å²) in [5.41, 5.74) is 0. The van der Waals surface area contributed by atoms with Crippen molar-refractivity contribution in [2.45, 2.75) is 64.0 Å². The minimum Gasteiger partial charge on any atom is -0.329 e. The molecule has 1 saturated carbocycles. The van der Waals surface area contributed by atoms with Crippen LogP contribution in [0.4, 0.5) is 0 Å². The van der Waals surface area contributed by atoms with Gasteiger partial charge in [-0.3, -0.25) is 9.59 Å². The first-order valence-corrected chi connectivity index (χ1v) is 7.78. The molecule has 3 fully saturated rings. The van der Waals surface area contributed by atoms with Crippen LogP contribution in [0, 0.1) is 5.92 Å².